The number of aromatic nitrogens is 1. The van der Waals surface area contributed by atoms with Crippen LogP contribution in [0.5, 0.6) is 0 Å². The van der Waals surface area contributed by atoms with Crippen LogP contribution in [-0.2, 0) is 12.4 Å². The first-order valence-corrected chi connectivity index (χ1v) is 5.78. The molecule has 2 nitrogen and oxygen atoms in total. The van der Waals surface area contributed by atoms with Gasteiger partial charge in [-0.2, -0.15) is 31.6 Å². The third-order valence-electron chi connectivity index (χ3n) is 2.84. The summed E-state index contributed by atoms with van der Waals surface area (Å²) in [6.07, 6.45) is -8.73. The molecule has 114 valence electrons. The maximum Gasteiger partial charge on any atom is 0.417 e. The van der Waals surface area contributed by atoms with Crippen LogP contribution in [0.15, 0.2) is 36.5 Å². The SMILES string of the molecule is N#Cc1cc(-c2ccc(C(F)(F)F)cc2C(F)(F)F)ccn1. The van der Waals surface area contributed by atoms with E-state index in [1.54, 1.807) is 6.07 Å². The minimum atomic E-state index is -4.97. The Labute approximate surface area is 120 Å². The Morgan fingerprint density at radius 2 is 1.59 bits per heavy atom. The lowest BCUT2D eigenvalue weighted by molar-refractivity contribution is -0.142. The zero-order valence-corrected chi connectivity index (χ0v) is 10.6. The monoisotopic (exact) mass is 316 g/mol. The van der Waals surface area contributed by atoms with Crippen LogP contribution in [0.2, 0.25) is 0 Å². The predicted molar refractivity (Wildman–Crippen MR) is 64.4 cm³/mol. The Hall–Kier alpha value is -2.56. The van der Waals surface area contributed by atoms with E-state index in [0.717, 1.165) is 18.3 Å². The second-order valence-corrected chi connectivity index (χ2v) is 4.30. The Balaban J connectivity index is 2.68. The summed E-state index contributed by atoms with van der Waals surface area (Å²) in [6.45, 7) is 0. The van der Waals surface area contributed by atoms with Gasteiger partial charge in [-0.1, -0.05) is 6.07 Å². The van der Waals surface area contributed by atoms with Crippen LogP contribution in [0.1, 0.15) is 16.8 Å². The highest BCUT2D eigenvalue weighted by Crippen LogP contribution is 2.40. The van der Waals surface area contributed by atoms with Crippen LogP contribution >= 0.6 is 0 Å². The fraction of sp³-hybridized carbons (Fsp3) is 0.143. The summed E-state index contributed by atoms with van der Waals surface area (Å²) in [5.74, 6) is 0. The Kier molecular flexibility index (Phi) is 3.83. The van der Waals surface area contributed by atoms with E-state index >= 15 is 0 Å². The summed E-state index contributed by atoms with van der Waals surface area (Å²) in [5.41, 5.74) is -3.42. The first-order valence-electron chi connectivity index (χ1n) is 5.78. The van der Waals surface area contributed by atoms with E-state index in [1.807, 2.05) is 0 Å². The average Bonchev–Trinajstić information content (AvgIpc) is 2.45. The fourth-order valence-corrected chi connectivity index (χ4v) is 1.87. The van der Waals surface area contributed by atoms with Gasteiger partial charge < -0.3 is 0 Å². The third kappa shape index (κ3) is 3.19. The van der Waals surface area contributed by atoms with Gasteiger partial charge in [0.25, 0.3) is 0 Å². The smallest absolute Gasteiger partial charge is 0.246 e. The average molecular weight is 316 g/mol. The van der Waals surface area contributed by atoms with Crippen molar-refractivity contribution in [2.24, 2.45) is 0 Å². The quantitative estimate of drug-likeness (QED) is 0.718. The highest BCUT2D eigenvalue weighted by atomic mass is 19.4. The van der Waals surface area contributed by atoms with Gasteiger partial charge >= 0.3 is 12.4 Å². The van der Waals surface area contributed by atoms with E-state index in [9.17, 15) is 26.3 Å². The number of benzene rings is 1. The molecule has 0 saturated carbocycles. The fourth-order valence-electron chi connectivity index (χ4n) is 1.87. The number of hydrogen-bond donors (Lipinski definition) is 0. The van der Waals surface area contributed by atoms with Gasteiger partial charge in [-0.25, -0.2) is 4.98 Å². The molecular weight excluding hydrogens is 310 g/mol. The van der Waals surface area contributed by atoms with Crippen molar-refractivity contribution in [2.75, 3.05) is 0 Å². The van der Waals surface area contributed by atoms with Crippen LogP contribution in [0.4, 0.5) is 26.3 Å². The van der Waals surface area contributed by atoms with Crippen molar-refractivity contribution in [3.63, 3.8) is 0 Å². The standard InChI is InChI=1S/C14H6F6N2/c15-13(16,17)9-1-2-11(12(6-9)14(18,19)20)8-3-4-22-10(5-8)7-21/h1-6H. The van der Waals surface area contributed by atoms with Gasteiger partial charge in [-0.15, -0.1) is 0 Å². The summed E-state index contributed by atoms with van der Waals surface area (Å²) in [4.78, 5) is 3.61. The molecule has 0 spiro atoms. The predicted octanol–water partition coefficient (Wildman–Crippen LogP) is 4.66. The summed E-state index contributed by atoms with van der Waals surface area (Å²) >= 11 is 0. The molecule has 1 heterocycles. The van der Waals surface area contributed by atoms with Crippen molar-refractivity contribution in [3.8, 4) is 17.2 Å². The summed E-state index contributed by atoms with van der Waals surface area (Å²) in [6, 6.07) is 5.30. The van der Waals surface area contributed by atoms with Crippen LogP contribution in [0.25, 0.3) is 11.1 Å². The van der Waals surface area contributed by atoms with Gasteiger partial charge in [-0.05, 0) is 35.4 Å². The third-order valence-corrected chi connectivity index (χ3v) is 2.84. The van der Waals surface area contributed by atoms with Gasteiger partial charge in [0.05, 0.1) is 11.1 Å². The molecule has 1 aromatic carbocycles. The van der Waals surface area contributed by atoms with Crippen LogP contribution in [0.3, 0.4) is 0 Å². The highest BCUT2D eigenvalue weighted by molar-refractivity contribution is 5.69. The van der Waals surface area contributed by atoms with Crippen molar-refractivity contribution < 1.29 is 26.3 Å². The second kappa shape index (κ2) is 5.33. The highest BCUT2D eigenvalue weighted by Gasteiger charge is 2.38. The molecule has 0 aliphatic carbocycles. The molecule has 0 bridgehead atoms. The lowest BCUT2D eigenvalue weighted by atomic mass is 9.97. The number of pyridine rings is 1. The largest absolute Gasteiger partial charge is 0.417 e. The zero-order chi connectivity index (χ0) is 16.5. The molecule has 0 N–H and O–H groups in total. The minimum absolute atomic E-state index is 0.0346. The lowest BCUT2D eigenvalue weighted by Crippen LogP contribution is -2.12. The zero-order valence-electron chi connectivity index (χ0n) is 10.6. The van der Waals surface area contributed by atoms with Gasteiger partial charge in [0, 0.05) is 6.20 Å². The molecule has 0 atom stereocenters. The lowest BCUT2D eigenvalue weighted by Gasteiger charge is -2.16. The maximum absolute atomic E-state index is 13.0. The topological polar surface area (TPSA) is 36.7 Å². The van der Waals surface area contributed by atoms with E-state index < -0.39 is 29.0 Å². The molecule has 0 fully saturated rings. The summed E-state index contributed by atoms with van der Waals surface area (Å²) in [7, 11) is 0. The molecule has 2 rings (SSSR count). The number of nitriles is 1. The van der Waals surface area contributed by atoms with Gasteiger partial charge in [0.2, 0.25) is 0 Å². The molecule has 8 heteroatoms. The van der Waals surface area contributed by atoms with Gasteiger partial charge in [0.15, 0.2) is 0 Å². The van der Waals surface area contributed by atoms with Crippen LogP contribution in [0, 0.1) is 11.3 Å². The summed E-state index contributed by atoms with van der Waals surface area (Å²) in [5, 5.41) is 8.71. The normalized spacial score (nSPS) is 12.0. The maximum atomic E-state index is 13.0. The first-order chi connectivity index (χ1) is 10.1. The molecule has 0 saturated heterocycles. The number of alkyl halides is 6. The van der Waals surface area contributed by atoms with E-state index in [4.69, 9.17) is 5.26 Å². The second-order valence-electron chi connectivity index (χ2n) is 4.30. The molecular formula is C14H6F6N2. The molecule has 0 amide bonds. The van der Waals surface area contributed by atoms with Crippen molar-refractivity contribution in [1.29, 1.82) is 5.26 Å². The van der Waals surface area contributed by atoms with E-state index in [1.165, 1.54) is 6.07 Å². The van der Waals surface area contributed by atoms with Crippen molar-refractivity contribution in [2.45, 2.75) is 12.4 Å². The molecule has 22 heavy (non-hydrogen) atoms. The van der Waals surface area contributed by atoms with Gasteiger partial charge in [0.1, 0.15) is 11.8 Å². The number of hydrogen-bond acceptors (Lipinski definition) is 2. The summed E-state index contributed by atoms with van der Waals surface area (Å²) < 4.78 is 76.9. The van der Waals surface area contributed by atoms with E-state index in [0.29, 0.717) is 6.07 Å². The molecule has 2 aromatic rings. The first kappa shape index (κ1) is 15.8. The van der Waals surface area contributed by atoms with Crippen LogP contribution in [-0.4, -0.2) is 4.98 Å². The van der Waals surface area contributed by atoms with E-state index in [-0.39, 0.29) is 17.3 Å². The van der Waals surface area contributed by atoms with Crippen LogP contribution < -0.4 is 0 Å². The van der Waals surface area contributed by atoms with Crippen molar-refractivity contribution in [1.82, 2.24) is 4.98 Å². The molecule has 0 aliphatic heterocycles. The Bertz CT molecular complexity index is 740. The molecule has 1 aromatic heterocycles. The minimum Gasteiger partial charge on any atom is -0.246 e. The van der Waals surface area contributed by atoms with E-state index in [2.05, 4.69) is 4.98 Å². The van der Waals surface area contributed by atoms with Crippen molar-refractivity contribution in [3.05, 3.63) is 53.3 Å². The molecule has 0 radical (unpaired) electrons. The van der Waals surface area contributed by atoms with Crippen molar-refractivity contribution >= 4 is 0 Å². The molecule has 0 unspecified atom stereocenters. The Morgan fingerprint density at radius 3 is 2.14 bits per heavy atom. The number of nitrogens with zero attached hydrogens (tertiary/aromatic N) is 2. The molecule has 0 aliphatic rings. The number of rotatable bonds is 1. The number of halogens is 6. The van der Waals surface area contributed by atoms with Gasteiger partial charge in [-0.3, -0.25) is 0 Å². The Morgan fingerprint density at radius 1 is 0.909 bits per heavy atom.